The topological polar surface area (TPSA) is 55.5 Å². The van der Waals surface area contributed by atoms with Crippen LogP contribution in [0.15, 0.2) is 18.2 Å². The minimum Gasteiger partial charge on any atom is -0.396 e. The predicted octanol–water partition coefficient (Wildman–Crippen LogP) is 4.06. The van der Waals surface area contributed by atoms with Crippen molar-refractivity contribution in [2.45, 2.75) is 64.7 Å². The molecule has 0 saturated carbocycles. The molecule has 142 valence electrons. The Morgan fingerprint density at radius 3 is 2.76 bits per heavy atom. The number of hydrogen-bond donors (Lipinski definition) is 2. The van der Waals surface area contributed by atoms with Gasteiger partial charge >= 0.3 is 0 Å². The van der Waals surface area contributed by atoms with E-state index in [-0.39, 0.29) is 6.61 Å². The standard InChI is InChI=1S/C22H37NO2/c1-17(2)10-12-25-16-18-6-7-20-14-21(9-8-19(20)13-18)22(15-23)5-3-4-11-24/h8-9,14,17-18,22,24H,3-7,10-13,15-16,23H2,1-2H3/t18-,22+/m1/s1. The summed E-state index contributed by atoms with van der Waals surface area (Å²) in [6, 6.07) is 6.98. The Labute approximate surface area is 154 Å². The lowest BCUT2D eigenvalue weighted by Crippen LogP contribution is -2.20. The molecule has 0 amide bonds. The van der Waals surface area contributed by atoms with Gasteiger partial charge in [-0.1, -0.05) is 38.5 Å². The summed E-state index contributed by atoms with van der Waals surface area (Å²) >= 11 is 0. The molecule has 3 heteroatoms. The lowest BCUT2D eigenvalue weighted by molar-refractivity contribution is 0.0865. The second-order valence-electron chi connectivity index (χ2n) is 8.05. The van der Waals surface area contributed by atoms with E-state index in [4.69, 9.17) is 15.6 Å². The minimum atomic E-state index is 0.280. The molecule has 2 rings (SSSR count). The Balaban J connectivity index is 1.87. The Bertz CT molecular complexity index is 501. The van der Waals surface area contributed by atoms with E-state index >= 15 is 0 Å². The van der Waals surface area contributed by atoms with Gasteiger partial charge in [-0.2, -0.15) is 0 Å². The van der Waals surface area contributed by atoms with E-state index < -0.39 is 0 Å². The van der Waals surface area contributed by atoms with Crippen LogP contribution in [0.25, 0.3) is 0 Å². The van der Waals surface area contributed by atoms with Crippen molar-refractivity contribution in [1.82, 2.24) is 0 Å². The first-order chi connectivity index (χ1) is 12.1. The van der Waals surface area contributed by atoms with Gasteiger partial charge in [0, 0.05) is 19.8 Å². The molecular weight excluding hydrogens is 310 g/mol. The van der Waals surface area contributed by atoms with E-state index in [1.165, 1.54) is 23.1 Å². The summed E-state index contributed by atoms with van der Waals surface area (Å²) < 4.78 is 5.90. The van der Waals surface area contributed by atoms with Gasteiger partial charge in [-0.05, 0) is 79.5 Å². The number of benzene rings is 1. The highest BCUT2D eigenvalue weighted by atomic mass is 16.5. The molecule has 0 radical (unpaired) electrons. The Kier molecular flexibility index (Phi) is 8.94. The molecule has 3 N–H and O–H groups in total. The van der Waals surface area contributed by atoms with E-state index in [0.29, 0.717) is 18.4 Å². The Morgan fingerprint density at radius 1 is 1.20 bits per heavy atom. The van der Waals surface area contributed by atoms with Gasteiger partial charge in [-0.15, -0.1) is 0 Å². The molecule has 1 aliphatic carbocycles. The number of aliphatic hydroxyl groups is 1. The van der Waals surface area contributed by atoms with Crippen LogP contribution in [0, 0.1) is 11.8 Å². The monoisotopic (exact) mass is 347 g/mol. The SMILES string of the molecule is CC(C)CCOC[C@@H]1CCc2cc([C@H](CN)CCCCO)ccc2C1. The summed E-state index contributed by atoms with van der Waals surface area (Å²) in [5, 5.41) is 8.97. The molecule has 1 aromatic carbocycles. The van der Waals surface area contributed by atoms with Gasteiger partial charge in [0.1, 0.15) is 0 Å². The van der Waals surface area contributed by atoms with Gasteiger partial charge in [-0.25, -0.2) is 0 Å². The minimum absolute atomic E-state index is 0.280. The third-order valence-electron chi connectivity index (χ3n) is 5.47. The predicted molar refractivity (Wildman–Crippen MR) is 105 cm³/mol. The average molecular weight is 348 g/mol. The fourth-order valence-corrected chi connectivity index (χ4v) is 3.74. The third kappa shape index (κ3) is 6.73. The van der Waals surface area contributed by atoms with Crippen molar-refractivity contribution in [3.8, 4) is 0 Å². The number of hydrogen-bond acceptors (Lipinski definition) is 3. The third-order valence-corrected chi connectivity index (χ3v) is 5.47. The average Bonchev–Trinajstić information content (AvgIpc) is 2.62. The second-order valence-corrected chi connectivity index (χ2v) is 8.05. The summed E-state index contributed by atoms with van der Waals surface area (Å²) in [5.74, 6) is 1.81. The quantitative estimate of drug-likeness (QED) is 0.594. The van der Waals surface area contributed by atoms with Crippen molar-refractivity contribution >= 4 is 0 Å². The molecule has 0 unspecified atom stereocenters. The Hall–Kier alpha value is -0.900. The second kappa shape index (κ2) is 10.9. The first-order valence-electron chi connectivity index (χ1n) is 10.1. The molecule has 0 aromatic heterocycles. The maximum Gasteiger partial charge on any atom is 0.0497 e. The van der Waals surface area contributed by atoms with Crippen LogP contribution >= 0.6 is 0 Å². The molecule has 0 aliphatic heterocycles. The molecule has 0 heterocycles. The molecular formula is C22H37NO2. The van der Waals surface area contributed by atoms with Crippen LogP contribution in [-0.2, 0) is 17.6 Å². The zero-order chi connectivity index (χ0) is 18.1. The van der Waals surface area contributed by atoms with Crippen LogP contribution in [0.4, 0.5) is 0 Å². The fourth-order valence-electron chi connectivity index (χ4n) is 3.74. The molecule has 0 spiro atoms. The van der Waals surface area contributed by atoms with Crippen LogP contribution in [0.1, 0.15) is 68.6 Å². The van der Waals surface area contributed by atoms with Crippen LogP contribution in [0.2, 0.25) is 0 Å². The largest absolute Gasteiger partial charge is 0.396 e. The molecule has 1 aromatic rings. The molecule has 3 nitrogen and oxygen atoms in total. The zero-order valence-corrected chi connectivity index (χ0v) is 16.2. The first-order valence-corrected chi connectivity index (χ1v) is 10.1. The number of nitrogens with two attached hydrogens (primary N) is 1. The summed E-state index contributed by atoms with van der Waals surface area (Å²) in [6.45, 7) is 7.26. The molecule has 0 saturated heterocycles. The smallest absolute Gasteiger partial charge is 0.0497 e. The number of fused-ring (bicyclic) bond motifs is 1. The van der Waals surface area contributed by atoms with Crippen molar-refractivity contribution in [2.75, 3.05) is 26.4 Å². The molecule has 2 atom stereocenters. The van der Waals surface area contributed by atoms with Crippen LogP contribution in [0.3, 0.4) is 0 Å². The highest BCUT2D eigenvalue weighted by Crippen LogP contribution is 2.30. The maximum absolute atomic E-state index is 8.97. The van der Waals surface area contributed by atoms with E-state index in [2.05, 4.69) is 32.0 Å². The summed E-state index contributed by atoms with van der Waals surface area (Å²) in [6.07, 6.45) is 7.69. The molecule has 0 fully saturated rings. The lowest BCUT2D eigenvalue weighted by Gasteiger charge is -2.26. The number of rotatable bonds is 11. The molecule has 1 aliphatic rings. The fraction of sp³-hybridized carbons (Fsp3) is 0.727. The number of unbranched alkanes of at least 4 members (excludes halogenated alkanes) is 1. The Morgan fingerprint density at radius 2 is 2.04 bits per heavy atom. The van der Waals surface area contributed by atoms with Gasteiger partial charge in [0.2, 0.25) is 0 Å². The van der Waals surface area contributed by atoms with Crippen molar-refractivity contribution in [2.24, 2.45) is 17.6 Å². The lowest BCUT2D eigenvalue weighted by atomic mass is 9.81. The van der Waals surface area contributed by atoms with E-state index in [1.54, 1.807) is 0 Å². The maximum atomic E-state index is 8.97. The number of aliphatic hydroxyl groups excluding tert-OH is 1. The van der Waals surface area contributed by atoms with Gasteiger partial charge in [0.15, 0.2) is 0 Å². The van der Waals surface area contributed by atoms with Gasteiger partial charge in [-0.3, -0.25) is 0 Å². The first kappa shape index (κ1) is 20.4. The van der Waals surface area contributed by atoms with Crippen LogP contribution < -0.4 is 5.73 Å². The van der Waals surface area contributed by atoms with Crippen molar-refractivity contribution in [1.29, 1.82) is 0 Å². The van der Waals surface area contributed by atoms with Gasteiger partial charge in [0.25, 0.3) is 0 Å². The number of ether oxygens (including phenoxy) is 1. The van der Waals surface area contributed by atoms with Crippen LogP contribution in [-0.4, -0.2) is 31.5 Å². The van der Waals surface area contributed by atoms with Crippen molar-refractivity contribution in [3.05, 3.63) is 34.9 Å². The van der Waals surface area contributed by atoms with E-state index in [1.807, 2.05) is 0 Å². The highest BCUT2D eigenvalue weighted by Gasteiger charge is 2.20. The number of aryl methyl sites for hydroxylation is 1. The molecule has 0 bridgehead atoms. The van der Waals surface area contributed by atoms with Crippen molar-refractivity contribution in [3.63, 3.8) is 0 Å². The van der Waals surface area contributed by atoms with E-state index in [0.717, 1.165) is 57.7 Å². The molecule has 25 heavy (non-hydrogen) atoms. The zero-order valence-electron chi connectivity index (χ0n) is 16.2. The highest BCUT2D eigenvalue weighted by molar-refractivity contribution is 5.36. The van der Waals surface area contributed by atoms with E-state index in [9.17, 15) is 0 Å². The van der Waals surface area contributed by atoms with Crippen molar-refractivity contribution < 1.29 is 9.84 Å². The van der Waals surface area contributed by atoms with Gasteiger partial charge < -0.3 is 15.6 Å². The summed E-state index contributed by atoms with van der Waals surface area (Å²) in [5.41, 5.74) is 10.4. The normalized spacial score (nSPS) is 18.4. The van der Waals surface area contributed by atoms with Crippen LogP contribution in [0.5, 0.6) is 0 Å². The summed E-state index contributed by atoms with van der Waals surface area (Å²) in [4.78, 5) is 0. The summed E-state index contributed by atoms with van der Waals surface area (Å²) in [7, 11) is 0. The van der Waals surface area contributed by atoms with Gasteiger partial charge in [0.05, 0.1) is 0 Å².